The molecule has 0 aromatic heterocycles. The average molecular weight is 494 g/mol. The van der Waals surface area contributed by atoms with Crippen molar-refractivity contribution >= 4 is 21.6 Å². The van der Waals surface area contributed by atoms with Gasteiger partial charge in [-0.05, 0) is 55.8 Å². The number of anilines is 1. The number of piperazine rings is 1. The second kappa shape index (κ2) is 11.0. The molecule has 3 aromatic carbocycles. The lowest BCUT2D eigenvalue weighted by atomic mass is 10.1. The first kappa shape index (κ1) is 24.9. The van der Waals surface area contributed by atoms with Gasteiger partial charge in [-0.3, -0.25) is 9.69 Å². The summed E-state index contributed by atoms with van der Waals surface area (Å²) in [6.07, 6.45) is 0. The molecule has 1 fully saturated rings. The van der Waals surface area contributed by atoms with Crippen LogP contribution in [0.1, 0.15) is 28.4 Å². The third-order valence-corrected chi connectivity index (χ3v) is 7.93. The van der Waals surface area contributed by atoms with Crippen LogP contribution in [0.15, 0.2) is 77.7 Å². The number of amides is 1. The number of nitrogens with one attached hydrogen (secondary N) is 1. The van der Waals surface area contributed by atoms with Gasteiger partial charge in [-0.15, -0.1) is 0 Å². The largest absolute Gasteiger partial charge is 0.492 e. The molecule has 0 aliphatic carbocycles. The highest BCUT2D eigenvalue weighted by Gasteiger charge is 2.28. The third kappa shape index (κ3) is 6.08. The maximum absolute atomic E-state index is 13.0. The van der Waals surface area contributed by atoms with E-state index in [-0.39, 0.29) is 5.91 Å². The van der Waals surface area contributed by atoms with Crippen molar-refractivity contribution in [2.24, 2.45) is 0 Å². The van der Waals surface area contributed by atoms with Crippen molar-refractivity contribution in [1.29, 1.82) is 0 Å². The summed E-state index contributed by atoms with van der Waals surface area (Å²) in [6.45, 7) is 7.13. The molecular formula is C27H31N3O4S. The molecule has 0 unspecified atom stereocenters. The van der Waals surface area contributed by atoms with E-state index in [2.05, 4.69) is 10.2 Å². The number of ether oxygens (including phenoxy) is 1. The first-order valence-electron chi connectivity index (χ1n) is 11.8. The molecule has 184 valence electrons. The van der Waals surface area contributed by atoms with E-state index in [0.717, 1.165) is 11.1 Å². The van der Waals surface area contributed by atoms with Crippen LogP contribution in [0.3, 0.4) is 0 Å². The smallest absolute Gasteiger partial charge is 0.255 e. The minimum atomic E-state index is -3.49. The Labute approximate surface area is 207 Å². The number of benzene rings is 3. The fourth-order valence-corrected chi connectivity index (χ4v) is 5.52. The fraction of sp³-hybridized carbons (Fsp3) is 0.296. The summed E-state index contributed by atoms with van der Waals surface area (Å²) in [5.74, 6) is 0.436. The van der Waals surface area contributed by atoms with E-state index in [1.165, 1.54) is 0 Å². The van der Waals surface area contributed by atoms with Crippen LogP contribution >= 0.6 is 0 Å². The second-order valence-corrected chi connectivity index (χ2v) is 10.5. The topological polar surface area (TPSA) is 79.0 Å². The molecule has 0 radical (unpaired) electrons. The van der Waals surface area contributed by atoms with Crippen LogP contribution in [0.5, 0.6) is 5.75 Å². The van der Waals surface area contributed by atoms with E-state index in [1.807, 2.05) is 68.4 Å². The maximum Gasteiger partial charge on any atom is 0.255 e. The van der Waals surface area contributed by atoms with Crippen molar-refractivity contribution in [3.63, 3.8) is 0 Å². The Morgan fingerprint density at radius 3 is 2.37 bits per heavy atom. The van der Waals surface area contributed by atoms with Gasteiger partial charge < -0.3 is 10.1 Å². The third-order valence-electron chi connectivity index (χ3n) is 6.02. The average Bonchev–Trinajstić information content (AvgIpc) is 2.86. The highest BCUT2D eigenvalue weighted by molar-refractivity contribution is 7.89. The summed E-state index contributed by atoms with van der Waals surface area (Å²) in [5, 5.41) is 2.93. The van der Waals surface area contributed by atoms with Gasteiger partial charge in [0.15, 0.2) is 0 Å². The molecule has 8 heteroatoms. The lowest BCUT2D eigenvalue weighted by Gasteiger charge is -2.34. The summed E-state index contributed by atoms with van der Waals surface area (Å²) >= 11 is 0. The predicted molar refractivity (Wildman–Crippen MR) is 137 cm³/mol. The van der Waals surface area contributed by atoms with Crippen molar-refractivity contribution < 1.29 is 17.9 Å². The van der Waals surface area contributed by atoms with Crippen molar-refractivity contribution in [1.82, 2.24) is 9.21 Å². The van der Waals surface area contributed by atoms with Crippen LogP contribution in [0.2, 0.25) is 0 Å². The summed E-state index contributed by atoms with van der Waals surface area (Å²) in [6, 6.07) is 21.9. The number of carbonyl (C=O) groups excluding carboxylic acids is 1. The molecule has 1 aliphatic heterocycles. The molecule has 1 amide bonds. The van der Waals surface area contributed by atoms with Crippen LogP contribution in [0.25, 0.3) is 0 Å². The zero-order chi connectivity index (χ0) is 24.8. The highest BCUT2D eigenvalue weighted by Crippen LogP contribution is 2.25. The Balaban J connectivity index is 1.36. The minimum absolute atomic E-state index is 0.201. The number of carbonyl (C=O) groups is 1. The molecule has 0 bridgehead atoms. The zero-order valence-corrected chi connectivity index (χ0v) is 20.9. The zero-order valence-electron chi connectivity index (χ0n) is 20.1. The number of rotatable bonds is 8. The van der Waals surface area contributed by atoms with Crippen molar-refractivity contribution in [2.75, 3.05) is 38.1 Å². The van der Waals surface area contributed by atoms with E-state index >= 15 is 0 Å². The molecule has 0 spiro atoms. The Bertz CT molecular complexity index is 1270. The van der Waals surface area contributed by atoms with Gasteiger partial charge in [0.2, 0.25) is 10.0 Å². The van der Waals surface area contributed by atoms with E-state index in [0.29, 0.717) is 61.2 Å². The van der Waals surface area contributed by atoms with Gasteiger partial charge in [0, 0.05) is 38.3 Å². The standard InChI is InChI=1S/C27H31N3O4S/c1-3-34-26-10-5-4-9-25(26)28-27(31)23-8-6-7-22(19-23)20-29-15-17-30(18-16-29)35(32,33)24-13-11-21(2)12-14-24/h4-14,19H,3,15-18,20H2,1-2H3,(H,28,31). The van der Waals surface area contributed by atoms with Crippen LogP contribution in [-0.2, 0) is 16.6 Å². The fourth-order valence-electron chi connectivity index (χ4n) is 4.10. The SMILES string of the molecule is CCOc1ccccc1NC(=O)c1cccc(CN2CCN(S(=O)(=O)c3ccc(C)cc3)CC2)c1. The highest BCUT2D eigenvalue weighted by atomic mass is 32.2. The number of sulfonamides is 1. The molecule has 3 aromatic rings. The molecule has 1 saturated heterocycles. The van der Waals surface area contributed by atoms with Crippen LogP contribution in [0, 0.1) is 6.92 Å². The Morgan fingerprint density at radius 2 is 1.66 bits per heavy atom. The number of aryl methyl sites for hydroxylation is 1. The second-order valence-electron chi connectivity index (χ2n) is 8.58. The van der Waals surface area contributed by atoms with Crippen molar-refractivity contribution in [2.45, 2.75) is 25.3 Å². The molecule has 1 aliphatic rings. The summed E-state index contributed by atoms with van der Waals surface area (Å²) in [7, 11) is -3.49. The first-order chi connectivity index (χ1) is 16.9. The molecule has 1 N–H and O–H groups in total. The molecule has 7 nitrogen and oxygen atoms in total. The molecule has 0 atom stereocenters. The maximum atomic E-state index is 13.0. The Hall–Kier alpha value is -3.20. The monoisotopic (exact) mass is 493 g/mol. The van der Waals surface area contributed by atoms with E-state index in [1.54, 1.807) is 22.5 Å². The Kier molecular flexibility index (Phi) is 7.85. The number of hydrogen-bond donors (Lipinski definition) is 1. The summed E-state index contributed by atoms with van der Waals surface area (Å²) in [5.41, 5.74) is 3.24. The van der Waals surface area contributed by atoms with E-state index < -0.39 is 10.0 Å². The molecule has 0 saturated carbocycles. The number of nitrogens with zero attached hydrogens (tertiary/aromatic N) is 2. The Morgan fingerprint density at radius 1 is 0.943 bits per heavy atom. The van der Waals surface area contributed by atoms with Gasteiger partial charge in [-0.1, -0.05) is 42.0 Å². The lowest BCUT2D eigenvalue weighted by Crippen LogP contribution is -2.48. The molecule has 35 heavy (non-hydrogen) atoms. The van der Waals surface area contributed by atoms with Gasteiger partial charge in [0.05, 0.1) is 17.2 Å². The van der Waals surface area contributed by atoms with Gasteiger partial charge >= 0.3 is 0 Å². The van der Waals surface area contributed by atoms with E-state index in [4.69, 9.17) is 4.74 Å². The quantitative estimate of drug-likeness (QED) is 0.510. The minimum Gasteiger partial charge on any atom is -0.492 e. The van der Waals surface area contributed by atoms with E-state index in [9.17, 15) is 13.2 Å². The predicted octanol–water partition coefficient (Wildman–Crippen LogP) is 4.15. The van der Waals surface area contributed by atoms with Crippen molar-refractivity contribution in [3.05, 3.63) is 89.5 Å². The van der Waals surface area contributed by atoms with Crippen molar-refractivity contribution in [3.8, 4) is 5.75 Å². The van der Waals surface area contributed by atoms with Gasteiger partial charge in [-0.25, -0.2) is 8.42 Å². The summed E-state index contributed by atoms with van der Waals surface area (Å²) in [4.78, 5) is 15.4. The van der Waals surface area contributed by atoms with Gasteiger partial charge in [0.1, 0.15) is 5.75 Å². The lowest BCUT2D eigenvalue weighted by molar-refractivity contribution is 0.102. The number of hydrogen-bond acceptors (Lipinski definition) is 5. The molecule has 4 rings (SSSR count). The molecular weight excluding hydrogens is 462 g/mol. The first-order valence-corrected chi connectivity index (χ1v) is 13.2. The summed E-state index contributed by atoms with van der Waals surface area (Å²) < 4.78 is 33.0. The normalized spacial score (nSPS) is 15.0. The van der Waals surface area contributed by atoms with Gasteiger partial charge in [-0.2, -0.15) is 4.31 Å². The number of para-hydroxylation sites is 2. The van der Waals surface area contributed by atoms with Gasteiger partial charge in [0.25, 0.3) is 5.91 Å². The van der Waals surface area contributed by atoms with Crippen LogP contribution in [-0.4, -0.2) is 56.3 Å². The molecule has 1 heterocycles. The van der Waals surface area contributed by atoms with Crippen LogP contribution in [0.4, 0.5) is 5.69 Å². The van der Waals surface area contributed by atoms with Crippen LogP contribution < -0.4 is 10.1 Å².